The first-order chi connectivity index (χ1) is 16.5. The molecular formula is C25H34N4O5. The Morgan fingerprint density at radius 2 is 1.94 bits per heavy atom. The molecule has 2 aromatic rings. The lowest BCUT2D eigenvalue weighted by molar-refractivity contribution is -0.140. The van der Waals surface area contributed by atoms with Crippen LogP contribution < -0.4 is 5.32 Å². The topological polar surface area (TPSA) is 115 Å². The smallest absolute Gasteiger partial charge is 0.268 e. The van der Waals surface area contributed by atoms with E-state index in [1.54, 1.807) is 23.2 Å². The Morgan fingerprint density at radius 3 is 2.65 bits per heavy atom. The zero-order valence-electron chi connectivity index (χ0n) is 19.8. The van der Waals surface area contributed by atoms with Crippen LogP contribution in [0.4, 0.5) is 0 Å². The van der Waals surface area contributed by atoms with E-state index < -0.39 is 12.0 Å². The predicted octanol–water partition coefficient (Wildman–Crippen LogP) is 3.14. The Hall–Kier alpha value is -2.81. The highest BCUT2D eigenvalue weighted by Gasteiger charge is 2.32. The summed E-state index contributed by atoms with van der Waals surface area (Å²) in [4.78, 5) is 49.5. The Labute approximate surface area is 199 Å². The van der Waals surface area contributed by atoms with Crippen molar-refractivity contribution in [3.05, 3.63) is 24.2 Å². The van der Waals surface area contributed by atoms with Crippen LogP contribution in [0.1, 0.15) is 69.0 Å². The van der Waals surface area contributed by atoms with Gasteiger partial charge in [0.25, 0.3) is 5.89 Å². The lowest BCUT2D eigenvalue weighted by atomic mass is 9.81. The van der Waals surface area contributed by atoms with Crippen LogP contribution in [0.15, 0.2) is 22.7 Å². The molecule has 34 heavy (non-hydrogen) atoms. The zero-order valence-corrected chi connectivity index (χ0v) is 19.8. The van der Waals surface area contributed by atoms with Crippen molar-refractivity contribution in [2.45, 2.75) is 64.3 Å². The number of hydrogen-bond acceptors (Lipinski definition) is 7. The molecule has 2 amide bonds. The van der Waals surface area contributed by atoms with E-state index >= 15 is 0 Å². The van der Waals surface area contributed by atoms with Crippen LogP contribution in [-0.4, -0.2) is 64.8 Å². The SMILES string of the molecule is CC[C@H](NC(=O)[C@@H](CC(=O)N1CCOCC1)CC1CCCCC1)C(=O)c1nc2ncccc2o1. The number of aromatic nitrogens is 2. The van der Waals surface area contributed by atoms with E-state index in [2.05, 4.69) is 15.3 Å². The van der Waals surface area contributed by atoms with Crippen LogP contribution in [0.25, 0.3) is 11.2 Å². The van der Waals surface area contributed by atoms with Crippen LogP contribution in [0, 0.1) is 11.8 Å². The van der Waals surface area contributed by atoms with Crippen molar-refractivity contribution < 1.29 is 23.5 Å². The number of ether oxygens (including phenoxy) is 1. The molecule has 2 aliphatic rings. The molecule has 0 spiro atoms. The number of rotatable bonds is 9. The van der Waals surface area contributed by atoms with E-state index in [1.807, 2.05) is 6.92 Å². The van der Waals surface area contributed by atoms with E-state index in [1.165, 1.54) is 6.42 Å². The summed E-state index contributed by atoms with van der Waals surface area (Å²) in [5.41, 5.74) is 0.789. The standard InChI is InChI=1S/C25H34N4O5/c1-2-19(22(31)25-28-23-20(34-25)9-6-10-26-23)27-24(32)18(15-17-7-4-3-5-8-17)16-21(30)29-11-13-33-14-12-29/h6,9-10,17-19H,2-5,7-8,11-16H2,1H3,(H,27,32)/t18-,19+/m1/s1. The number of hydrogen-bond donors (Lipinski definition) is 1. The van der Waals surface area contributed by atoms with Crippen molar-refractivity contribution in [2.75, 3.05) is 26.3 Å². The van der Waals surface area contributed by atoms with Gasteiger partial charge in [-0.2, -0.15) is 4.98 Å². The minimum absolute atomic E-state index is 0.0244. The minimum Gasteiger partial charge on any atom is -0.432 e. The third-order valence-electron chi connectivity index (χ3n) is 6.92. The van der Waals surface area contributed by atoms with Crippen LogP contribution in [0.3, 0.4) is 0 Å². The monoisotopic (exact) mass is 470 g/mol. The number of morpholine rings is 1. The third kappa shape index (κ3) is 6.00. The average molecular weight is 471 g/mol. The molecule has 1 saturated carbocycles. The highest BCUT2D eigenvalue weighted by molar-refractivity contribution is 6.00. The summed E-state index contributed by atoms with van der Waals surface area (Å²) < 4.78 is 10.9. The van der Waals surface area contributed by atoms with Crippen molar-refractivity contribution in [3.63, 3.8) is 0 Å². The third-order valence-corrected chi connectivity index (χ3v) is 6.92. The molecule has 0 radical (unpaired) electrons. The van der Waals surface area contributed by atoms with E-state index in [-0.39, 0.29) is 29.9 Å². The van der Waals surface area contributed by atoms with E-state index in [0.717, 1.165) is 25.7 Å². The van der Waals surface area contributed by atoms with Gasteiger partial charge in [0, 0.05) is 31.6 Å². The Kier molecular flexibility index (Phi) is 8.26. The number of fused-ring (bicyclic) bond motifs is 1. The number of nitrogens with one attached hydrogen (secondary N) is 1. The van der Waals surface area contributed by atoms with Crippen molar-refractivity contribution >= 4 is 28.8 Å². The summed E-state index contributed by atoms with van der Waals surface area (Å²) in [7, 11) is 0. The fourth-order valence-electron chi connectivity index (χ4n) is 4.93. The van der Waals surface area contributed by atoms with Gasteiger partial charge in [0.15, 0.2) is 11.2 Å². The summed E-state index contributed by atoms with van der Waals surface area (Å²) in [5.74, 6) is -0.754. The number of nitrogens with zero attached hydrogens (tertiary/aromatic N) is 3. The molecule has 1 aliphatic heterocycles. The molecule has 0 bridgehead atoms. The molecule has 0 aromatic carbocycles. The van der Waals surface area contributed by atoms with E-state index in [0.29, 0.717) is 56.3 Å². The number of oxazole rings is 1. The van der Waals surface area contributed by atoms with Crippen LogP contribution in [0.5, 0.6) is 0 Å². The largest absolute Gasteiger partial charge is 0.432 e. The Balaban J connectivity index is 1.45. The number of ketones is 1. The molecular weight excluding hydrogens is 436 g/mol. The molecule has 9 nitrogen and oxygen atoms in total. The van der Waals surface area contributed by atoms with Crippen molar-refractivity contribution in [2.24, 2.45) is 11.8 Å². The summed E-state index contributed by atoms with van der Waals surface area (Å²) >= 11 is 0. The lowest BCUT2D eigenvalue weighted by Crippen LogP contribution is -2.46. The van der Waals surface area contributed by atoms with Crippen LogP contribution in [-0.2, 0) is 14.3 Å². The average Bonchev–Trinajstić information content (AvgIpc) is 3.32. The minimum atomic E-state index is -0.770. The van der Waals surface area contributed by atoms with Crippen LogP contribution >= 0.6 is 0 Å². The predicted molar refractivity (Wildman–Crippen MR) is 125 cm³/mol. The van der Waals surface area contributed by atoms with Crippen molar-refractivity contribution in [3.8, 4) is 0 Å². The van der Waals surface area contributed by atoms with Gasteiger partial charge in [0.1, 0.15) is 0 Å². The van der Waals surface area contributed by atoms with E-state index in [9.17, 15) is 14.4 Å². The van der Waals surface area contributed by atoms with Gasteiger partial charge in [-0.05, 0) is 30.9 Å². The summed E-state index contributed by atoms with van der Waals surface area (Å²) in [6.07, 6.45) is 8.52. The molecule has 2 atom stereocenters. The Morgan fingerprint density at radius 1 is 1.18 bits per heavy atom. The zero-order chi connectivity index (χ0) is 23.9. The van der Waals surface area contributed by atoms with Gasteiger partial charge >= 0.3 is 0 Å². The Bertz CT molecular complexity index is 961. The quantitative estimate of drug-likeness (QED) is 0.560. The number of pyridine rings is 1. The molecule has 0 unspecified atom stereocenters. The molecule has 9 heteroatoms. The van der Waals surface area contributed by atoms with Crippen molar-refractivity contribution in [1.82, 2.24) is 20.2 Å². The molecule has 2 fully saturated rings. The highest BCUT2D eigenvalue weighted by Crippen LogP contribution is 2.31. The maximum absolute atomic E-state index is 13.4. The van der Waals surface area contributed by atoms with Gasteiger partial charge in [0.2, 0.25) is 17.6 Å². The molecule has 3 heterocycles. The van der Waals surface area contributed by atoms with E-state index in [4.69, 9.17) is 9.15 Å². The molecule has 1 aliphatic carbocycles. The maximum Gasteiger partial charge on any atom is 0.268 e. The first kappa shape index (κ1) is 24.3. The van der Waals surface area contributed by atoms with Gasteiger partial charge in [-0.25, -0.2) is 4.98 Å². The molecule has 184 valence electrons. The fourth-order valence-corrected chi connectivity index (χ4v) is 4.93. The lowest BCUT2D eigenvalue weighted by Gasteiger charge is -2.30. The number of carbonyl (C=O) groups excluding carboxylic acids is 3. The van der Waals surface area contributed by atoms with Crippen LogP contribution in [0.2, 0.25) is 0 Å². The van der Waals surface area contributed by atoms with Crippen molar-refractivity contribution in [1.29, 1.82) is 0 Å². The number of Topliss-reactive ketones (excluding diaryl/α,β-unsaturated/α-hetero) is 1. The first-order valence-electron chi connectivity index (χ1n) is 12.5. The second kappa shape index (κ2) is 11.6. The van der Waals surface area contributed by atoms with Gasteiger partial charge < -0.3 is 19.4 Å². The van der Waals surface area contributed by atoms with Gasteiger partial charge in [0.05, 0.1) is 19.3 Å². The molecule has 1 saturated heterocycles. The van der Waals surface area contributed by atoms with Gasteiger partial charge in [-0.15, -0.1) is 0 Å². The molecule has 1 N–H and O–H groups in total. The summed E-state index contributed by atoms with van der Waals surface area (Å²) in [5, 5.41) is 2.90. The maximum atomic E-state index is 13.4. The summed E-state index contributed by atoms with van der Waals surface area (Å²) in [6, 6.07) is 2.64. The normalized spacial score (nSPS) is 19.0. The summed E-state index contributed by atoms with van der Waals surface area (Å²) in [6.45, 7) is 3.99. The molecule has 2 aromatic heterocycles. The number of amides is 2. The fraction of sp³-hybridized carbons (Fsp3) is 0.640. The van der Waals surface area contributed by atoms with Gasteiger partial charge in [-0.3, -0.25) is 14.4 Å². The molecule has 4 rings (SSSR count). The number of carbonyl (C=O) groups is 3. The second-order valence-corrected chi connectivity index (χ2v) is 9.31. The first-order valence-corrected chi connectivity index (χ1v) is 12.5. The van der Waals surface area contributed by atoms with Gasteiger partial charge in [-0.1, -0.05) is 39.0 Å². The highest BCUT2D eigenvalue weighted by atomic mass is 16.5. The second-order valence-electron chi connectivity index (χ2n) is 9.31.